The monoisotopic (exact) mass is 746 g/mol. The molecule has 1 fully saturated rings. The first-order chi connectivity index (χ1) is 22.4. The van der Waals surface area contributed by atoms with Crippen LogP contribution in [0.25, 0.3) is 5.32 Å². The maximum atomic E-state index is 14.7. The largest absolute Gasteiger partial charge is 0.625 e. The molecular formula is C32H27F9N3NiO4-. The molecule has 3 aromatic rings. The molecule has 0 radical (unpaired) electrons. The Balaban J connectivity index is 0.00000650. The van der Waals surface area contributed by atoms with Crippen molar-refractivity contribution in [2.75, 3.05) is 6.54 Å². The number of aliphatic hydroxyl groups is 1. The number of para-hydroxylation sites is 1. The van der Waals surface area contributed by atoms with Crippen LogP contribution in [0, 0.1) is 0 Å². The van der Waals surface area contributed by atoms with E-state index in [1.54, 1.807) is 0 Å². The van der Waals surface area contributed by atoms with Crippen LogP contribution in [0.4, 0.5) is 45.2 Å². The summed E-state index contributed by atoms with van der Waals surface area (Å²) in [4.78, 5) is 30.9. The number of rotatable bonds is 12. The molecule has 3 atom stereocenters. The van der Waals surface area contributed by atoms with E-state index in [2.05, 4.69) is 10.3 Å². The zero-order chi connectivity index (χ0) is 35.5. The summed E-state index contributed by atoms with van der Waals surface area (Å²) in [5, 5.41) is 23.9. The second-order valence-corrected chi connectivity index (χ2v) is 10.9. The molecule has 1 heterocycles. The van der Waals surface area contributed by atoms with E-state index in [4.69, 9.17) is 0 Å². The van der Waals surface area contributed by atoms with Crippen LogP contribution in [-0.4, -0.2) is 81.4 Å². The molecule has 0 bridgehead atoms. The number of aliphatic imine (C=N–C) groups is 1. The molecule has 7 nitrogen and oxygen atoms in total. The van der Waals surface area contributed by atoms with E-state index in [1.165, 1.54) is 54.6 Å². The Morgan fingerprint density at radius 1 is 0.837 bits per heavy atom. The third kappa shape index (κ3) is 8.10. The Morgan fingerprint density at radius 3 is 1.96 bits per heavy atom. The van der Waals surface area contributed by atoms with Gasteiger partial charge in [-0.25, -0.2) is 4.79 Å². The van der Waals surface area contributed by atoms with E-state index in [-0.39, 0.29) is 33.3 Å². The van der Waals surface area contributed by atoms with E-state index < -0.39 is 59.7 Å². The number of hydrogen-bond acceptors (Lipinski definition) is 5. The molecule has 2 N–H and O–H groups in total. The van der Waals surface area contributed by atoms with Crippen molar-refractivity contribution in [3.05, 3.63) is 107 Å². The van der Waals surface area contributed by atoms with Crippen LogP contribution in [-0.2, 0) is 32.6 Å². The fourth-order valence-electron chi connectivity index (χ4n) is 5.14. The Bertz CT molecular complexity index is 1630. The molecule has 4 rings (SSSR count). The van der Waals surface area contributed by atoms with Gasteiger partial charge in [-0.2, -0.15) is 39.5 Å². The molecule has 0 aromatic heterocycles. The first kappa shape index (κ1) is 39.5. The smallest absolute Gasteiger partial charge is 0.460 e. The fourth-order valence-corrected chi connectivity index (χ4v) is 5.14. The number of aliphatic hydroxyl groups excluding tert-OH is 1. The van der Waals surface area contributed by atoms with Crippen molar-refractivity contribution in [1.82, 2.24) is 4.90 Å². The normalized spacial score (nSPS) is 17.6. The van der Waals surface area contributed by atoms with Crippen LogP contribution in [0.3, 0.4) is 0 Å². The van der Waals surface area contributed by atoms with Crippen LogP contribution in [0.2, 0.25) is 0 Å². The number of hydrogen-bond donors (Lipinski definition) is 2. The molecule has 0 spiro atoms. The number of carbonyl (C=O) groups is 2. The Hall–Kier alpha value is -3.95. The minimum atomic E-state index is -7.38. The Labute approximate surface area is 283 Å². The molecule has 3 aromatic carbocycles. The summed E-state index contributed by atoms with van der Waals surface area (Å²) in [6.07, 6.45) is -10.5. The van der Waals surface area contributed by atoms with Gasteiger partial charge in [-0.3, -0.25) is 9.89 Å². The van der Waals surface area contributed by atoms with Gasteiger partial charge in [0.15, 0.2) is 12.1 Å². The zero-order valence-electron chi connectivity index (χ0n) is 24.9. The molecule has 1 aliphatic rings. The predicted octanol–water partition coefficient (Wildman–Crippen LogP) is 7.00. The number of amides is 1. The molecule has 1 amide bonds. The van der Waals surface area contributed by atoms with Crippen LogP contribution in [0.15, 0.2) is 89.9 Å². The number of benzene rings is 3. The van der Waals surface area contributed by atoms with Gasteiger partial charge < -0.3 is 20.3 Å². The zero-order valence-corrected chi connectivity index (χ0v) is 25.9. The molecule has 1 aliphatic heterocycles. The minimum absolute atomic E-state index is 0. The van der Waals surface area contributed by atoms with Crippen LogP contribution < -0.4 is 0 Å². The second kappa shape index (κ2) is 15.3. The van der Waals surface area contributed by atoms with Crippen molar-refractivity contribution in [3.8, 4) is 0 Å². The number of alkyl halides is 9. The molecule has 0 aliphatic carbocycles. The van der Waals surface area contributed by atoms with Gasteiger partial charge in [0.25, 0.3) is 0 Å². The first-order valence-electron chi connectivity index (χ1n) is 14.3. The number of nitrogens with zero attached hydrogens (tertiary/aromatic N) is 3. The fraction of sp³-hybridized carbons (Fsp3) is 0.344. The van der Waals surface area contributed by atoms with Crippen molar-refractivity contribution in [2.45, 2.75) is 61.5 Å². The molecule has 17 heteroatoms. The topological polar surface area (TPSA) is 104 Å². The minimum Gasteiger partial charge on any atom is -0.625 e. The maximum absolute atomic E-state index is 14.7. The van der Waals surface area contributed by atoms with Crippen LogP contribution in [0.1, 0.15) is 29.5 Å². The summed E-state index contributed by atoms with van der Waals surface area (Å²) < 4.78 is 123. The van der Waals surface area contributed by atoms with E-state index >= 15 is 0 Å². The van der Waals surface area contributed by atoms with Gasteiger partial charge >= 0.3 is 29.9 Å². The van der Waals surface area contributed by atoms with Crippen molar-refractivity contribution in [1.29, 1.82) is 0 Å². The van der Waals surface area contributed by atoms with Crippen molar-refractivity contribution in [3.63, 3.8) is 0 Å². The van der Waals surface area contributed by atoms with Crippen molar-refractivity contribution < 1.29 is 75.8 Å². The number of likely N-dealkylation sites (tertiary alicyclic amines) is 1. The maximum Gasteiger partial charge on any atom is 0.460 e. The van der Waals surface area contributed by atoms with E-state index in [1.807, 2.05) is 35.2 Å². The Kier molecular flexibility index (Phi) is 12.3. The second-order valence-electron chi connectivity index (χ2n) is 10.9. The predicted molar refractivity (Wildman–Crippen MR) is 155 cm³/mol. The number of halogens is 9. The molecule has 0 unspecified atom stereocenters. The third-order valence-corrected chi connectivity index (χ3v) is 7.67. The van der Waals surface area contributed by atoms with Gasteiger partial charge in [0.05, 0.1) is 17.7 Å². The number of carbonyl (C=O) groups excluding carboxylic acids is 1. The molecular weight excluding hydrogens is 720 g/mol. The summed E-state index contributed by atoms with van der Waals surface area (Å²) in [6.45, 7) is 0.971. The van der Waals surface area contributed by atoms with Gasteiger partial charge in [-0.1, -0.05) is 84.9 Å². The van der Waals surface area contributed by atoms with Crippen LogP contribution >= 0.6 is 0 Å². The van der Waals surface area contributed by atoms with Gasteiger partial charge in [-0.15, -0.1) is 5.69 Å². The third-order valence-electron chi connectivity index (χ3n) is 7.67. The van der Waals surface area contributed by atoms with Gasteiger partial charge in [0.1, 0.15) is 0 Å². The molecule has 0 saturated carbocycles. The van der Waals surface area contributed by atoms with Crippen molar-refractivity contribution in [2.24, 2.45) is 4.99 Å². The molecule has 268 valence electrons. The summed E-state index contributed by atoms with van der Waals surface area (Å²) >= 11 is 0. The molecule has 49 heavy (non-hydrogen) atoms. The summed E-state index contributed by atoms with van der Waals surface area (Å²) in [5.41, 5.74) is -0.198. The van der Waals surface area contributed by atoms with E-state index in [9.17, 15) is 59.3 Å². The molecule has 1 saturated heterocycles. The van der Waals surface area contributed by atoms with Crippen LogP contribution in [0.5, 0.6) is 0 Å². The summed E-state index contributed by atoms with van der Waals surface area (Å²) in [7, 11) is 0. The van der Waals surface area contributed by atoms with Gasteiger partial charge in [0, 0.05) is 28.6 Å². The average Bonchev–Trinajstić information content (AvgIpc) is 3.50. The van der Waals surface area contributed by atoms with Gasteiger partial charge in [-0.05, 0) is 30.5 Å². The standard InChI is InChI=1S/C32H28F9N3O4.Ni/c33-29(34,30(35,36)31(37,38)32(39,40)41)26(45)25(28(47)48)43-24(20-12-5-2-6-13-20)21-14-7-8-15-22(21)42-27(46)23-16-9-17-44(23)18-19-10-3-1-4-11-19;/h1-8,10-15,23,25-26,45H,9,16-18H2,(H2,42,43,46,47,48);/p-1/t23-,25+,26+;/m0./s1. The van der Waals surface area contributed by atoms with E-state index in [0.717, 1.165) is 5.56 Å². The summed E-state index contributed by atoms with van der Waals surface area (Å²) in [6, 6.07) is 17.1. The van der Waals surface area contributed by atoms with E-state index in [0.29, 0.717) is 25.9 Å². The number of carboxylic acids is 1. The number of carboxylic acid groups (broad SMARTS) is 1. The average molecular weight is 747 g/mol. The Morgan fingerprint density at radius 2 is 1.39 bits per heavy atom. The SMILES string of the molecule is O=C(O)[C@H](N=C(c1ccccc1)c1ccccc1[N-]C(=O)[C@@H]1CCCN1Cc1ccccc1)[C@@H](O)C(F)(F)C(F)(F)C(F)(F)C(F)(F)F.[Ni]. The van der Waals surface area contributed by atoms with Gasteiger partial charge in [0.2, 0.25) is 0 Å². The summed E-state index contributed by atoms with van der Waals surface area (Å²) in [5.74, 6) is -24.6. The number of aliphatic carboxylic acids is 1. The van der Waals surface area contributed by atoms with Crippen molar-refractivity contribution >= 4 is 23.3 Å². The first-order valence-corrected chi connectivity index (χ1v) is 14.3. The quantitative estimate of drug-likeness (QED) is 0.118.